The Labute approximate surface area is 204 Å². The third kappa shape index (κ3) is 4.96. The Morgan fingerprint density at radius 3 is 2.31 bits per heavy atom. The number of aryl methyl sites for hydroxylation is 1. The Balaban J connectivity index is 0.000000860. The Hall–Kier alpha value is -2.07. The van der Waals surface area contributed by atoms with Gasteiger partial charge in [-0.2, -0.15) is 0 Å². The summed E-state index contributed by atoms with van der Waals surface area (Å²) in [6.07, 6.45) is 1.73. The first-order valence-electron chi connectivity index (χ1n) is 10.3. The number of benzene rings is 1. The highest BCUT2D eigenvalue weighted by molar-refractivity contribution is 14.2. The average Bonchev–Trinajstić information content (AvgIpc) is 3.35. The van der Waals surface area contributed by atoms with E-state index in [1.165, 1.54) is 22.3 Å². The van der Waals surface area contributed by atoms with Gasteiger partial charge in [0.25, 0.3) is 0 Å². The summed E-state index contributed by atoms with van der Waals surface area (Å²) >= 11 is 2.16. The second-order valence-electron chi connectivity index (χ2n) is 6.30. The highest BCUT2D eigenvalue weighted by Crippen LogP contribution is 2.43. The standard InChI is InChI=1S/C20H15F2IN2O2S.2C2H6/c1-10-4-5-17(27-10)12-6-15-18(11(2)25(28-23)20(15)24-9-12)14-7-13(21)8-16(22)19(14)26-3;2*1-2/h4-9H,1-3H3;2*1-2H3. The maximum absolute atomic E-state index is 14.4. The molecule has 0 aliphatic heterocycles. The molecule has 3 aromatic heterocycles. The zero-order valence-corrected chi connectivity index (χ0v) is 22.2. The van der Waals surface area contributed by atoms with Crippen molar-refractivity contribution in [2.45, 2.75) is 41.5 Å². The lowest BCUT2D eigenvalue weighted by Gasteiger charge is -2.11. The third-order valence-electron chi connectivity index (χ3n) is 4.57. The molecule has 0 radical (unpaired) electrons. The van der Waals surface area contributed by atoms with Crippen LogP contribution in [0.1, 0.15) is 39.1 Å². The molecule has 0 aliphatic carbocycles. The van der Waals surface area contributed by atoms with Crippen molar-refractivity contribution < 1.29 is 17.9 Å². The van der Waals surface area contributed by atoms with E-state index in [1.54, 1.807) is 6.20 Å². The van der Waals surface area contributed by atoms with Gasteiger partial charge in [0.2, 0.25) is 0 Å². The molecule has 0 N–H and O–H groups in total. The first-order valence-corrected chi connectivity index (χ1v) is 13.7. The minimum Gasteiger partial charge on any atom is -0.493 e. The van der Waals surface area contributed by atoms with Gasteiger partial charge >= 0.3 is 0 Å². The number of hydrogen-bond donors (Lipinski definition) is 0. The Morgan fingerprint density at radius 2 is 1.75 bits per heavy atom. The molecule has 1 aromatic carbocycles. The molecule has 4 aromatic rings. The van der Waals surface area contributed by atoms with Crippen molar-refractivity contribution in [2.24, 2.45) is 0 Å². The van der Waals surface area contributed by atoms with Gasteiger partial charge in [-0.25, -0.2) is 13.8 Å². The Morgan fingerprint density at radius 1 is 1.06 bits per heavy atom. The van der Waals surface area contributed by atoms with Gasteiger partial charge in [-0.05, 0) is 38.1 Å². The lowest BCUT2D eigenvalue weighted by molar-refractivity contribution is 0.386. The van der Waals surface area contributed by atoms with Gasteiger partial charge in [0.05, 0.1) is 7.11 Å². The van der Waals surface area contributed by atoms with Crippen molar-refractivity contribution >= 4 is 41.4 Å². The number of aromatic nitrogens is 2. The van der Waals surface area contributed by atoms with Crippen LogP contribution in [0, 0.1) is 25.5 Å². The molecule has 0 spiro atoms. The highest BCUT2D eigenvalue weighted by Gasteiger charge is 2.23. The minimum absolute atomic E-state index is 0.00116. The van der Waals surface area contributed by atoms with Crippen LogP contribution in [0.4, 0.5) is 8.78 Å². The molecule has 0 saturated heterocycles. The van der Waals surface area contributed by atoms with Crippen LogP contribution >= 0.6 is 30.3 Å². The molecule has 0 amide bonds. The van der Waals surface area contributed by atoms with Gasteiger partial charge in [-0.15, -0.1) is 0 Å². The smallest absolute Gasteiger partial charge is 0.168 e. The maximum atomic E-state index is 14.4. The number of pyridine rings is 1. The number of rotatable bonds is 4. The van der Waals surface area contributed by atoms with Gasteiger partial charge in [0.15, 0.2) is 17.2 Å². The average molecular weight is 572 g/mol. The van der Waals surface area contributed by atoms with E-state index in [0.29, 0.717) is 22.5 Å². The van der Waals surface area contributed by atoms with Crippen LogP contribution in [0.2, 0.25) is 0 Å². The molecular formula is C24H27F2IN2O2S. The highest BCUT2D eigenvalue weighted by atomic mass is 127. The van der Waals surface area contributed by atoms with Gasteiger partial charge in [0, 0.05) is 70.4 Å². The van der Waals surface area contributed by atoms with Crippen LogP contribution in [0.3, 0.4) is 0 Å². The normalized spacial score (nSPS) is 10.3. The molecule has 0 unspecified atom stereocenters. The molecule has 32 heavy (non-hydrogen) atoms. The van der Waals surface area contributed by atoms with Gasteiger partial charge < -0.3 is 9.15 Å². The van der Waals surface area contributed by atoms with E-state index in [9.17, 15) is 8.78 Å². The molecule has 172 valence electrons. The van der Waals surface area contributed by atoms with Crippen LogP contribution in [-0.4, -0.2) is 16.1 Å². The fourth-order valence-corrected chi connectivity index (χ4v) is 5.21. The second kappa shape index (κ2) is 11.7. The molecule has 0 aliphatic rings. The summed E-state index contributed by atoms with van der Waals surface area (Å²) in [5.41, 5.74) is 3.32. The molecule has 3 heterocycles. The van der Waals surface area contributed by atoms with Crippen molar-refractivity contribution in [3.8, 4) is 28.2 Å². The fraction of sp³-hybridized carbons (Fsp3) is 0.292. The summed E-state index contributed by atoms with van der Waals surface area (Å²) < 4.78 is 41.3. The summed E-state index contributed by atoms with van der Waals surface area (Å²) in [5, 5.41) is 0.761. The van der Waals surface area contributed by atoms with E-state index >= 15 is 0 Å². The van der Waals surface area contributed by atoms with Gasteiger partial charge in [-0.3, -0.25) is 3.97 Å². The van der Waals surface area contributed by atoms with Crippen LogP contribution in [0.5, 0.6) is 5.75 Å². The van der Waals surface area contributed by atoms with Crippen molar-refractivity contribution in [3.63, 3.8) is 0 Å². The SMILES string of the molecule is CC.CC.COc1c(F)cc(F)cc1-c1c(C)n(SI)c2ncc(-c3ccc(C)o3)cc12. The summed E-state index contributed by atoms with van der Waals surface area (Å²) in [6.45, 7) is 11.8. The topological polar surface area (TPSA) is 40.2 Å². The Kier molecular flexibility index (Phi) is 9.57. The van der Waals surface area contributed by atoms with Crippen LogP contribution in [0.15, 0.2) is 40.9 Å². The molecule has 0 fully saturated rings. The van der Waals surface area contributed by atoms with E-state index in [1.807, 2.05) is 63.7 Å². The van der Waals surface area contributed by atoms with E-state index in [0.717, 1.165) is 28.5 Å². The first kappa shape index (κ1) is 26.2. The lowest BCUT2D eigenvalue weighted by Crippen LogP contribution is -1.95. The number of furan rings is 1. The van der Waals surface area contributed by atoms with E-state index in [2.05, 4.69) is 26.2 Å². The molecule has 4 rings (SSSR count). The van der Waals surface area contributed by atoms with E-state index in [4.69, 9.17) is 9.15 Å². The first-order chi connectivity index (χ1) is 15.4. The van der Waals surface area contributed by atoms with Gasteiger partial charge in [0.1, 0.15) is 17.3 Å². The van der Waals surface area contributed by atoms with E-state index in [-0.39, 0.29) is 5.75 Å². The predicted octanol–water partition coefficient (Wildman–Crippen LogP) is 8.77. The molecule has 4 nitrogen and oxygen atoms in total. The zero-order valence-electron chi connectivity index (χ0n) is 19.2. The number of halogens is 3. The van der Waals surface area contributed by atoms with Crippen molar-refractivity contribution in [2.75, 3.05) is 7.11 Å². The minimum atomic E-state index is -0.745. The van der Waals surface area contributed by atoms with Crippen LogP contribution < -0.4 is 4.74 Å². The molecular weight excluding hydrogens is 545 g/mol. The quantitative estimate of drug-likeness (QED) is 0.229. The Bertz CT molecular complexity index is 1200. The van der Waals surface area contributed by atoms with Crippen LogP contribution in [-0.2, 0) is 0 Å². The number of nitrogens with zero attached hydrogens (tertiary/aromatic N) is 2. The number of hydrogen-bond acceptors (Lipinski definition) is 4. The predicted molar refractivity (Wildman–Crippen MR) is 139 cm³/mol. The van der Waals surface area contributed by atoms with Crippen molar-refractivity contribution in [3.05, 3.63) is 59.6 Å². The van der Waals surface area contributed by atoms with Crippen molar-refractivity contribution in [1.29, 1.82) is 0 Å². The monoisotopic (exact) mass is 572 g/mol. The fourth-order valence-electron chi connectivity index (χ4n) is 3.36. The summed E-state index contributed by atoms with van der Waals surface area (Å²) in [5.74, 6) is 0.0666. The molecule has 0 atom stereocenters. The second-order valence-corrected chi connectivity index (χ2v) is 7.98. The maximum Gasteiger partial charge on any atom is 0.168 e. The molecule has 0 saturated carbocycles. The van der Waals surface area contributed by atoms with Crippen molar-refractivity contribution in [1.82, 2.24) is 8.96 Å². The summed E-state index contributed by atoms with van der Waals surface area (Å²) in [6, 6.07) is 7.78. The summed E-state index contributed by atoms with van der Waals surface area (Å²) in [4.78, 5) is 4.59. The number of fused-ring (bicyclic) bond motifs is 1. The van der Waals surface area contributed by atoms with Crippen LogP contribution in [0.25, 0.3) is 33.5 Å². The zero-order chi connectivity index (χ0) is 24.0. The number of ether oxygens (including phenoxy) is 1. The largest absolute Gasteiger partial charge is 0.493 e. The number of methoxy groups -OCH3 is 1. The van der Waals surface area contributed by atoms with E-state index < -0.39 is 11.6 Å². The molecule has 0 bridgehead atoms. The van der Waals surface area contributed by atoms with Gasteiger partial charge in [-0.1, -0.05) is 27.7 Å². The molecule has 8 heteroatoms. The lowest BCUT2D eigenvalue weighted by atomic mass is 10.0. The third-order valence-corrected chi connectivity index (χ3v) is 6.34. The summed E-state index contributed by atoms with van der Waals surface area (Å²) in [7, 11) is 2.81.